The van der Waals surface area contributed by atoms with Crippen LogP contribution in [-0.4, -0.2) is 26.3 Å². The largest absolute Gasteiger partial charge is 0.440 e. The molecule has 3 heteroatoms. The molecule has 3 nitrogen and oxygen atoms in total. The Bertz CT molecular complexity index is 795. The van der Waals surface area contributed by atoms with Crippen molar-refractivity contribution >= 4 is 16.7 Å². The number of hydrogen-bond donors (Lipinski definition) is 0. The SMILES string of the molecule is Cc1cc(N2CCOCC2)oc1-c1cccc2ccccc12. The molecule has 0 spiro atoms. The minimum absolute atomic E-state index is 0.767. The van der Waals surface area contributed by atoms with Gasteiger partial charge in [-0.1, -0.05) is 42.5 Å². The molecule has 4 rings (SSSR count). The van der Waals surface area contributed by atoms with Crippen LogP contribution in [0.1, 0.15) is 5.56 Å². The van der Waals surface area contributed by atoms with Crippen LogP contribution in [0, 0.1) is 6.92 Å². The number of benzene rings is 2. The second-order valence-corrected chi connectivity index (χ2v) is 5.72. The van der Waals surface area contributed by atoms with Crippen LogP contribution in [0.2, 0.25) is 0 Å². The van der Waals surface area contributed by atoms with E-state index in [2.05, 4.69) is 60.4 Å². The predicted molar refractivity (Wildman–Crippen MR) is 89.4 cm³/mol. The fourth-order valence-electron chi connectivity index (χ4n) is 3.10. The lowest BCUT2D eigenvalue weighted by molar-refractivity contribution is 0.121. The lowest BCUT2D eigenvalue weighted by Gasteiger charge is -2.26. The van der Waals surface area contributed by atoms with Gasteiger partial charge in [-0.25, -0.2) is 0 Å². The van der Waals surface area contributed by atoms with Gasteiger partial charge in [-0.2, -0.15) is 0 Å². The number of furan rings is 1. The van der Waals surface area contributed by atoms with Crippen LogP contribution in [0.4, 0.5) is 5.88 Å². The monoisotopic (exact) mass is 293 g/mol. The van der Waals surface area contributed by atoms with E-state index in [9.17, 15) is 0 Å². The Morgan fingerprint density at radius 2 is 1.73 bits per heavy atom. The van der Waals surface area contributed by atoms with Gasteiger partial charge >= 0.3 is 0 Å². The van der Waals surface area contributed by atoms with E-state index in [0.29, 0.717) is 0 Å². The second-order valence-electron chi connectivity index (χ2n) is 5.72. The first kappa shape index (κ1) is 13.4. The summed E-state index contributed by atoms with van der Waals surface area (Å²) in [4.78, 5) is 2.26. The summed E-state index contributed by atoms with van der Waals surface area (Å²) >= 11 is 0. The van der Waals surface area contributed by atoms with Crippen LogP contribution in [0.5, 0.6) is 0 Å². The molecule has 0 radical (unpaired) electrons. The summed E-state index contributed by atoms with van der Waals surface area (Å²) in [5.41, 5.74) is 2.34. The minimum Gasteiger partial charge on any atom is -0.440 e. The Hall–Kier alpha value is -2.26. The molecule has 1 aliphatic rings. The van der Waals surface area contributed by atoms with E-state index in [-0.39, 0.29) is 0 Å². The highest BCUT2D eigenvalue weighted by atomic mass is 16.5. The van der Waals surface area contributed by atoms with Gasteiger partial charge in [0.1, 0.15) is 5.76 Å². The number of morpholine rings is 1. The van der Waals surface area contributed by atoms with E-state index in [0.717, 1.165) is 43.5 Å². The molecule has 2 heterocycles. The summed E-state index contributed by atoms with van der Waals surface area (Å²) in [5, 5.41) is 2.47. The number of rotatable bonds is 2. The van der Waals surface area contributed by atoms with Gasteiger partial charge in [0, 0.05) is 24.7 Å². The minimum atomic E-state index is 0.767. The molecule has 0 saturated carbocycles. The third-order valence-electron chi connectivity index (χ3n) is 4.26. The van der Waals surface area contributed by atoms with Gasteiger partial charge in [0.15, 0.2) is 5.88 Å². The number of fused-ring (bicyclic) bond motifs is 1. The van der Waals surface area contributed by atoms with Crippen LogP contribution < -0.4 is 4.90 Å². The maximum atomic E-state index is 6.22. The quantitative estimate of drug-likeness (QED) is 0.706. The first-order valence-corrected chi connectivity index (χ1v) is 7.74. The molecule has 1 aliphatic heterocycles. The summed E-state index contributed by atoms with van der Waals surface area (Å²) in [6.07, 6.45) is 0. The van der Waals surface area contributed by atoms with Crippen molar-refractivity contribution in [2.45, 2.75) is 6.92 Å². The smallest absolute Gasteiger partial charge is 0.196 e. The van der Waals surface area contributed by atoms with Crippen molar-refractivity contribution in [3.63, 3.8) is 0 Å². The zero-order valence-corrected chi connectivity index (χ0v) is 12.7. The van der Waals surface area contributed by atoms with Gasteiger partial charge < -0.3 is 14.1 Å². The van der Waals surface area contributed by atoms with Gasteiger partial charge in [-0.05, 0) is 23.3 Å². The molecule has 1 saturated heterocycles. The Morgan fingerprint density at radius 1 is 0.955 bits per heavy atom. The van der Waals surface area contributed by atoms with Crippen molar-refractivity contribution in [3.05, 3.63) is 54.1 Å². The number of nitrogens with zero attached hydrogens (tertiary/aromatic N) is 1. The van der Waals surface area contributed by atoms with Gasteiger partial charge in [0.05, 0.1) is 13.2 Å². The van der Waals surface area contributed by atoms with E-state index in [1.165, 1.54) is 16.3 Å². The average Bonchev–Trinajstić information content (AvgIpc) is 2.97. The number of ether oxygens (including phenoxy) is 1. The number of hydrogen-bond acceptors (Lipinski definition) is 3. The summed E-state index contributed by atoms with van der Waals surface area (Å²) < 4.78 is 11.6. The topological polar surface area (TPSA) is 25.6 Å². The maximum absolute atomic E-state index is 6.22. The number of anilines is 1. The average molecular weight is 293 g/mol. The van der Waals surface area contributed by atoms with Gasteiger partial charge in [-0.15, -0.1) is 0 Å². The van der Waals surface area contributed by atoms with Crippen molar-refractivity contribution in [2.24, 2.45) is 0 Å². The summed E-state index contributed by atoms with van der Waals surface area (Å²) in [6.45, 7) is 5.43. The molecule has 0 unspecified atom stereocenters. The van der Waals surface area contributed by atoms with Crippen molar-refractivity contribution in [2.75, 3.05) is 31.2 Å². The van der Waals surface area contributed by atoms with Crippen molar-refractivity contribution in [1.29, 1.82) is 0 Å². The Labute approximate surface area is 130 Å². The molecule has 0 atom stereocenters. The van der Waals surface area contributed by atoms with Crippen LogP contribution in [0.25, 0.3) is 22.1 Å². The first-order chi connectivity index (χ1) is 10.8. The first-order valence-electron chi connectivity index (χ1n) is 7.74. The molecule has 22 heavy (non-hydrogen) atoms. The lowest BCUT2D eigenvalue weighted by atomic mass is 10.0. The molecule has 1 aromatic heterocycles. The molecule has 0 bridgehead atoms. The summed E-state index contributed by atoms with van der Waals surface area (Å²) in [5.74, 6) is 1.92. The van der Waals surface area contributed by atoms with Crippen molar-refractivity contribution in [1.82, 2.24) is 0 Å². The van der Waals surface area contributed by atoms with Gasteiger partial charge in [-0.3, -0.25) is 0 Å². The fourth-order valence-corrected chi connectivity index (χ4v) is 3.10. The summed E-state index contributed by atoms with van der Waals surface area (Å²) in [6, 6.07) is 16.9. The van der Waals surface area contributed by atoms with E-state index in [1.54, 1.807) is 0 Å². The van der Waals surface area contributed by atoms with E-state index >= 15 is 0 Å². The highest BCUT2D eigenvalue weighted by Crippen LogP contribution is 2.35. The van der Waals surface area contributed by atoms with Crippen LogP contribution in [0.3, 0.4) is 0 Å². The third kappa shape index (κ3) is 2.28. The molecule has 0 amide bonds. The molecule has 3 aromatic rings. The standard InChI is InChI=1S/C19H19NO2/c1-14-13-18(20-9-11-21-12-10-20)22-19(14)17-8-4-6-15-5-2-3-7-16(15)17/h2-8,13H,9-12H2,1H3. The van der Waals surface area contributed by atoms with Gasteiger partial charge in [0.25, 0.3) is 0 Å². The summed E-state index contributed by atoms with van der Waals surface area (Å²) in [7, 11) is 0. The fraction of sp³-hybridized carbons (Fsp3) is 0.263. The predicted octanol–water partition coefficient (Wildman–Crippen LogP) is 4.24. The molecule has 2 aromatic carbocycles. The lowest BCUT2D eigenvalue weighted by Crippen LogP contribution is -2.35. The van der Waals surface area contributed by atoms with Crippen LogP contribution >= 0.6 is 0 Å². The van der Waals surface area contributed by atoms with E-state index in [1.807, 2.05) is 0 Å². The molecule has 0 N–H and O–H groups in total. The highest BCUT2D eigenvalue weighted by molar-refractivity contribution is 5.96. The molecule has 0 aliphatic carbocycles. The normalized spacial score (nSPS) is 15.4. The molecule has 1 fully saturated rings. The van der Waals surface area contributed by atoms with E-state index < -0.39 is 0 Å². The van der Waals surface area contributed by atoms with Crippen molar-refractivity contribution < 1.29 is 9.15 Å². The van der Waals surface area contributed by atoms with Crippen molar-refractivity contribution in [3.8, 4) is 11.3 Å². The maximum Gasteiger partial charge on any atom is 0.196 e. The Kier molecular flexibility index (Phi) is 3.35. The Morgan fingerprint density at radius 3 is 2.59 bits per heavy atom. The molecular weight excluding hydrogens is 274 g/mol. The third-order valence-corrected chi connectivity index (χ3v) is 4.26. The van der Waals surface area contributed by atoms with E-state index in [4.69, 9.17) is 9.15 Å². The zero-order valence-electron chi connectivity index (χ0n) is 12.7. The Balaban J connectivity index is 1.80. The van der Waals surface area contributed by atoms with Crippen LogP contribution in [-0.2, 0) is 4.74 Å². The second kappa shape index (κ2) is 5.50. The van der Waals surface area contributed by atoms with Crippen LogP contribution in [0.15, 0.2) is 52.9 Å². The number of aryl methyl sites for hydroxylation is 1. The molecule has 112 valence electrons. The zero-order chi connectivity index (χ0) is 14.9. The molecular formula is C19H19NO2. The van der Waals surface area contributed by atoms with Gasteiger partial charge in [0.2, 0.25) is 0 Å². The highest BCUT2D eigenvalue weighted by Gasteiger charge is 2.18.